The van der Waals surface area contributed by atoms with E-state index >= 15 is 0 Å². The predicted octanol–water partition coefficient (Wildman–Crippen LogP) is 3.26. The first-order valence-corrected chi connectivity index (χ1v) is 11.7. The molecule has 0 aliphatic carbocycles. The smallest absolute Gasteiger partial charge is 0.382 e. The number of piperazine rings is 1. The van der Waals surface area contributed by atoms with Crippen molar-refractivity contribution in [3.63, 3.8) is 0 Å². The molecule has 11 heteroatoms. The Bertz CT molecular complexity index is 1310. The molecule has 0 saturated carbocycles. The summed E-state index contributed by atoms with van der Waals surface area (Å²) in [4.78, 5) is 21.1. The fraction of sp³-hybridized carbons (Fsp3) is 0.308. The Balaban J connectivity index is 1.48. The number of amides is 1. The van der Waals surface area contributed by atoms with Crippen molar-refractivity contribution < 1.29 is 18.0 Å². The normalized spacial score (nSPS) is 14.6. The molecular formula is C26H26F3N7O. The molecule has 1 aromatic carbocycles. The van der Waals surface area contributed by atoms with Crippen LogP contribution in [0.2, 0.25) is 0 Å². The van der Waals surface area contributed by atoms with Crippen LogP contribution >= 0.6 is 0 Å². The number of nitrogens with one attached hydrogen (secondary N) is 1. The summed E-state index contributed by atoms with van der Waals surface area (Å²) in [5.74, 6) is 5.43. The van der Waals surface area contributed by atoms with E-state index in [0.717, 1.165) is 25.7 Å². The van der Waals surface area contributed by atoms with Crippen LogP contribution in [0.25, 0.3) is 0 Å². The summed E-state index contributed by atoms with van der Waals surface area (Å²) in [6.45, 7) is 6.20. The highest BCUT2D eigenvalue weighted by Gasteiger charge is 2.34. The summed E-state index contributed by atoms with van der Waals surface area (Å²) in [5.41, 5.74) is 5.67. The van der Waals surface area contributed by atoms with Gasteiger partial charge in [0.15, 0.2) is 0 Å². The van der Waals surface area contributed by atoms with Gasteiger partial charge in [0, 0.05) is 50.0 Å². The summed E-state index contributed by atoms with van der Waals surface area (Å²) >= 11 is 0. The maximum atomic E-state index is 13.9. The molecule has 3 N–H and O–H groups in total. The number of halogens is 3. The van der Waals surface area contributed by atoms with E-state index in [-0.39, 0.29) is 29.3 Å². The zero-order chi connectivity index (χ0) is 26.4. The lowest BCUT2D eigenvalue weighted by molar-refractivity contribution is -0.138. The van der Waals surface area contributed by atoms with Gasteiger partial charge in [0.1, 0.15) is 17.3 Å². The van der Waals surface area contributed by atoms with Gasteiger partial charge in [0.05, 0.1) is 5.56 Å². The Morgan fingerprint density at radius 2 is 1.78 bits per heavy atom. The molecule has 0 unspecified atom stereocenters. The highest BCUT2D eigenvalue weighted by atomic mass is 19.4. The highest BCUT2D eigenvalue weighted by Crippen LogP contribution is 2.33. The Morgan fingerprint density at radius 3 is 2.46 bits per heavy atom. The van der Waals surface area contributed by atoms with Crippen molar-refractivity contribution in [2.75, 3.05) is 43.8 Å². The lowest BCUT2D eigenvalue weighted by atomic mass is 10.0. The Kier molecular flexibility index (Phi) is 8.01. The lowest BCUT2D eigenvalue weighted by Gasteiger charge is -2.34. The molecule has 37 heavy (non-hydrogen) atoms. The van der Waals surface area contributed by atoms with Gasteiger partial charge in [0.25, 0.3) is 5.91 Å². The van der Waals surface area contributed by atoms with E-state index in [1.54, 1.807) is 18.2 Å². The van der Waals surface area contributed by atoms with Gasteiger partial charge in [-0.25, -0.2) is 4.98 Å². The fourth-order valence-electron chi connectivity index (χ4n) is 3.93. The van der Waals surface area contributed by atoms with Gasteiger partial charge in [-0.15, -0.1) is 10.2 Å². The molecule has 3 aromatic rings. The molecule has 3 heterocycles. The number of pyridine rings is 1. The number of benzene rings is 1. The minimum Gasteiger partial charge on any atom is -0.382 e. The monoisotopic (exact) mass is 509 g/mol. The number of nitrogens with two attached hydrogens (primary N) is 1. The second kappa shape index (κ2) is 11.4. The molecule has 1 aliphatic heterocycles. The molecule has 4 rings (SSSR count). The van der Waals surface area contributed by atoms with E-state index in [2.05, 4.69) is 44.2 Å². The Morgan fingerprint density at radius 1 is 1.03 bits per heavy atom. The van der Waals surface area contributed by atoms with Crippen LogP contribution in [0.15, 0.2) is 48.7 Å². The minimum absolute atomic E-state index is 0.109. The highest BCUT2D eigenvalue weighted by molar-refractivity contribution is 6.04. The van der Waals surface area contributed by atoms with Crippen LogP contribution in [0.3, 0.4) is 0 Å². The van der Waals surface area contributed by atoms with Crippen molar-refractivity contribution in [1.82, 2.24) is 25.0 Å². The number of aromatic nitrogens is 3. The standard InChI is InChI=1S/C26H26F3N7O/c1-2-35-11-13-36(14-12-35)17-20-5-4-19(16-22(20)26(27,28)29)25(37)32-24-15-18(9-10-31-24)3-6-21-7-8-23(30)34-33-21/h4-5,7-10,15-16H,2,11-14,17H2,1H3,(H2,30,34)(H,31,32,37). The van der Waals surface area contributed by atoms with Crippen LogP contribution < -0.4 is 11.1 Å². The number of hydrogen-bond donors (Lipinski definition) is 2. The van der Waals surface area contributed by atoms with Gasteiger partial charge in [-0.05, 0) is 54.4 Å². The number of anilines is 2. The topological polar surface area (TPSA) is 100 Å². The fourth-order valence-corrected chi connectivity index (χ4v) is 3.93. The Hall–Kier alpha value is -4.01. The van der Waals surface area contributed by atoms with Crippen molar-refractivity contribution in [2.24, 2.45) is 0 Å². The summed E-state index contributed by atoms with van der Waals surface area (Å²) in [6, 6.07) is 10.0. The van der Waals surface area contributed by atoms with Gasteiger partial charge in [-0.1, -0.05) is 18.9 Å². The quantitative estimate of drug-likeness (QED) is 0.510. The number of hydrogen-bond acceptors (Lipinski definition) is 7. The predicted molar refractivity (Wildman–Crippen MR) is 133 cm³/mol. The van der Waals surface area contributed by atoms with Crippen molar-refractivity contribution >= 4 is 17.5 Å². The van der Waals surface area contributed by atoms with Gasteiger partial charge < -0.3 is 16.0 Å². The first-order chi connectivity index (χ1) is 17.7. The lowest BCUT2D eigenvalue weighted by Crippen LogP contribution is -2.45. The van der Waals surface area contributed by atoms with Crippen LogP contribution in [0, 0.1) is 11.8 Å². The minimum atomic E-state index is -4.59. The number of carbonyl (C=O) groups excluding carboxylic acids is 1. The maximum absolute atomic E-state index is 13.9. The maximum Gasteiger partial charge on any atom is 0.416 e. The van der Waals surface area contributed by atoms with Gasteiger partial charge in [0.2, 0.25) is 0 Å². The zero-order valence-corrected chi connectivity index (χ0v) is 20.2. The second-order valence-electron chi connectivity index (χ2n) is 8.56. The van der Waals surface area contributed by atoms with Gasteiger partial charge in [-0.2, -0.15) is 13.2 Å². The molecule has 8 nitrogen and oxygen atoms in total. The van der Waals surface area contributed by atoms with Gasteiger partial charge >= 0.3 is 6.18 Å². The van der Waals surface area contributed by atoms with Crippen LogP contribution in [0.4, 0.5) is 24.8 Å². The molecule has 192 valence electrons. The van der Waals surface area contributed by atoms with E-state index in [9.17, 15) is 18.0 Å². The molecule has 1 saturated heterocycles. The summed E-state index contributed by atoms with van der Waals surface area (Å²) in [5, 5.41) is 10.1. The molecular weight excluding hydrogens is 483 g/mol. The molecule has 2 aromatic heterocycles. The summed E-state index contributed by atoms with van der Waals surface area (Å²) in [7, 11) is 0. The third-order valence-electron chi connectivity index (χ3n) is 6.01. The number of carbonyl (C=O) groups is 1. The molecule has 1 aliphatic rings. The van der Waals surface area contributed by atoms with E-state index in [0.29, 0.717) is 24.3 Å². The first kappa shape index (κ1) is 26.1. The van der Waals surface area contributed by atoms with Crippen molar-refractivity contribution in [2.45, 2.75) is 19.6 Å². The van der Waals surface area contributed by atoms with Crippen LogP contribution in [0.5, 0.6) is 0 Å². The van der Waals surface area contributed by atoms with Crippen LogP contribution in [0.1, 0.15) is 39.7 Å². The van der Waals surface area contributed by atoms with Gasteiger partial charge in [-0.3, -0.25) is 9.69 Å². The van der Waals surface area contributed by atoms with Crippen molar-refractivity contribution in [3.8, 4) is 11.8 Å². The summed E-state index contributed by atoms with van der Waals surface area (Å²) < 4.78 is 41.7. The molecule has 0 bridgehead atoms. The number of alkyl halides is 3. The van der Waals surface area contributed by atoms with Crippen LogP contribution in [-0.2, 0) is 12.7 Å². The van der Waals surface area contributed by atoms with Crippen molar-refractivity contribution in [1.29, 1.82) is 0 Å². The van der Waals surface area contributed by atoms with E-state index < -0.39 is 17.6 Å². The number of likely N-dealkylation sites (N-methyl/N-ethyl adjacent to an activating group) is 1. The number of nitrogen functional groups attached to an aromatic ring is 1. The largest absolute Gasteiger partial charge is 0.416 e. The van der Waals surface area contributed by atoms with E-state index in [1.807, 2.05) is 4.90 Å². The van der Waals surface area contributed by atoms with E-state index in [4.69, 9.17) is 5.73 Å². The molecule has 0 atom stereocenters. The third-order valence-corrected chi connectivity index (χ3v) is 6.01. The second-order valence-corrected chi connectivity index (χ2v) is 8.56. The Labute approximate surface area is 212 Å². The molecule has 1 fully saturated rings. The van der Waals surface area contributed by atoms with E-state index in [1.165, 1.54) is 24.4 Å². The van der Waals surface area contributed by atoms with Crippen LogP contribution in [-0.4, -0.2) is 63.6 Å². The molecule has 0 radical (unpaired) electrons. The average molecular weight is 510 g/mol. The third kappa shape index (κ3) is 7.03. The number of rotatable bonds is 5. The zero-order valence-electron chi connectivity index (χ0n) is 20.2. The summed E-state index contributed by atoms with van der Waals surface area (Å²) in [6.07, 6.45) is -3.15. The molecule has 1 amide bonds. The van der Waals surface area contributed by atoms with Crippen molar-refractivity contribution in [3.05, 3.63) is 76.6 Å². The first-order valence-electron chi connectivity index (χ1n) is 11.7. The SMILES string of the molecule is CCN1CCN(Cc2ccc(C(=O)Nc3cc(C#Cc4ccc(N)nn4)ccn3)cc2C(F)(F)F)CC1. The average Bonchev–Trinajstić information content (AvgIpc) is 2.88. The number of nitrogens with zero attached hydrogens (tertiary/aromatic N) is 5. The molecule has 0 spiro atoms.